The summed E-state index contributed by atoms with van der Waals surface area (Å²) in [6.07, 6.45) is 2.93. The lowest BCUT2D eigenvalue weighted by Crippen LogP contribution is -2.38. The van der Waals surface area contributed by atoms with E-state index in [4.69, 9.17) is 9.73 Å². The van der Waals surface area contributed by atoms with Crippen LogP contribution in [-0.4, -0.2) is 35.9 Å². The number of guanidine groups is 1. The van der Waals surface area contributed by atoms with Crippen LogP contribution in [0.15, 0.2) is 29.3 Å². The zero-order chi connectivity index (χ0) is 21.2. The molecule has 6 nitrogen and oxygen atoms in total. The largest absolute Gasteiger partial charge is 0.497 e. The molecule has 160 valence electrons. The van der Waals surface area contributed by atoms with E-state index in [9.17, 15) is 0 Å². The summed E-state index contributed by atoms with van der Waals surface area (Å²) in [6, 6.07) is 8.33. The maximum Gasteiger partial charge on any atom is 0.191 e. The van der Waals surface area contributed by atoms with Gasteiger partial charge in [0.05, 0.1) is 19.3 Å². The van der Waals surface area contributed by atoms with E-state index < -0.39 is 0 Å². The molecule has 1 aromatic carbocycles. The van der Waals surface area contributed by atoms with Crippen molar-refractivity contribution in [2.75, 3.05) is 20.2 Å². The van der Waals surface area contributed by atoms with Gasteiger partial charge in [0.15, 0.2) is 5.96 Å². The minimum absolute atomic E-state index is 0.466. The zero-order valence-corrected chi connectivity index (χ0v) is 18.9. The maximum absolute atomic E-state index is 5.24. The van der Waals surface area contributed by atoms with Crippen molar-refractivity contribution < 1.29 is 4.74 Å². The van der Waals surface area contributed by atoms with Crippen molar-refractivity contribution in [1.29, 1.82) is 0 Å². The van der Waals surface area contributed by atoms with Gasteiger partial charge in [0, 0.05) is 31.4 Å². The van der Waals surface area contributed by atoms with Crippen LogP contribution in [0.3, 0.4) is 0 Å². The number of methoxy groups -OCH3 is 1. The van der Waals surface area contributed by atoms with E-state index in [1.165, 1.54) is 16.8 Å². The average Bonchev–Trinajstić information content (AvgIpc) is 3.06. The lowest BCUT2D eigenvalue weighted by molar-refractivity contribution is 0.414. The summed E-state index contributed by atoms with van der Waals surface area (Å²) < 4.78 is 7.24. The van der Waals surface area contributed by atoms with Gasteiger partial charge in [-0.1, -0.05) is 32.9 Å². The summed E-state index contributed by atoms with van der Waals surface area (Å²) in [6.45, 7) is 11.0. The standard InChI is InChI=1S/C23H37N5O/c1-7-21-20(22(8-2)28(5)27-21)16-26-23(24-9-3)25-15-14-17(4)18-10-12-19(29-6)13-11-18/h10-13,17H,7-9,14-16H2,1-6H3,(H2,24,25,26). The molecule has 0 fully saturated rings. The Morgan fingerprint density at radius 1 is 1.14 bits per heavy atom. The van der Waals surface area contributed by atoms with Gasteiger partial charge in [0.2, 0.25) is 0 Å². The van der Waals surface area contributed by atoms with Gasteiger partial charge in [-0.15, -0.1) is 0 Å². The molecule has 0 aliphatic heterocycles. The highest BCUT2D eigenvalue weighted by atomic mass is 16.5. The monoisotopic (exact) mass is 399 g/mol. The van der Waals surface area contributed by atoms with Crippen molar-refractivity contribution in [3.63, 3.8) is 0 Å². The Labute approximate surface area is 175 Å². The third-order valence-electron chi connectivity index (χ3n) is 5.32. The molecule has 0 aliphatic rings. The molecule has 6 heteroatoms. The molecular weight excluding hydrogens is 362 g/mol. The first-order chi connectivity index (χ1) is 14.0. The number of benzene rings is 1. The van der Waals surface area contributed by atoms with E-state index in [0.29, 0.717) is 12.5 Å². The second-order valence-corrected chi connectivity index (χ2v) is 7.29. The fourth-order valence-electron chi connectivity index (χ4n) is 3.58. The molecular formula is C23H37N5O. The second kappa shape index (κ2) is 11.5. The van der Waals surface area contributed by atoms with Gasteiger partial charge < -0.3 is 15.4 Å². The number of ether oxygens (including phenoxy) is 1. The van der Waals surface area contributed by atoms with E-state index in [2.05, 4.69) is 55.6 Å². The van der Waals surface area contributed by atoms with Crippen molar-refractivity contribution in [3.8, 4) is 5.75 Å². The predicted molar refractivity (Wildman–Crippen MR) is 121 cm³/mol. The molecule has 1 atom stereocenters. The molecule has 2 rings (SSSR count). The van der Waals surface area contributed by atoms with Crippen molar-refractivity contribution in [1.82, 2.24) is 20.4 Å². The van der Waals surface area contributed by atoms with Gasteiger partial charge in [-0.3, -0.25) is 4.68 Å². The van der Waals surface area contributed by atoms with E-state index in [1.54, 1.807) is 7.11 Å². The number of nitrogens with zero attached hydrogens (tertiary/aromatic N) is 3. The fourth-order valence-corrected chi connectivity index (χ4v) is 3.58. The van der Waals surface area contributed by atoms with Crippen LogP contribution < -0.4 is 15.4 Å². The highest BCUT2D eigenvalue weighted by Crippen LogP contribution is 2.21. The fraction of sp³-hybridized carbons (Fsp3) is 0.565. The minimum Gasteiger partial charge on any atom is -0.497 e. The summed E-state index contributed by atoms with van der Waals surface area (Å²) >= 11 is 0. The van der Waals surface area contributed by atoms with Crippen LogP contribution in [0.1, 0.15) is 62.5 Å². The highest BCUT2D eigenvalue weighted by Gasteiger charge is 2.13. The van der Waals surface area contributed by atoms with Gasteiger partial charge in [0.25, 0.3) is 0 Å². The third kappa shape index (κ3) is 6.24. The van der Waals surface area contributed by atoms with Gasteiger partial charge in [-0.25, -0.2) is 4.99 Å². The van der Waals surface area contributed by atoms with E-state index >= 15 is 0 Å². The predicted octanol–water partition coefficient (Wildman–Crippen LogP) is 3.80. The van der Waals surface area contributed by atoms with E-state index in [1.807, 2.05) is 23.9 Å². The van der Waals surface area contributed by atoms with Crippen molar-refractivity contribution >= 4 is 5.96 Å². The molecule has 1 heterocycles. The molecule has 0 spiro atoms. The lowest BCUT2D eigenvalue weighted by Gasteiger charge is -2.15. The molecule has 2 N–H and O–H groups in total. The molecule has 1 unspecified atom stereocenters. The summed E-state index contributed by atoms with van der Waals surface area (Å²) in [7, 11) is 3.72. The first-order valence-electron chi connectivity index (χ1n) is 10.7. The number of hydrogen-bond acceptors (Lipinski definition) is 3. The number of aliphatic imine (C=N–C) groups is 1. The number of rotatable bonds is 10. The third-order valence-corrected chi connectivity index (χ3v) is 5.32. The molecule has 0 saturated heterocycles. The van der Waals surface area contributed by atoms with Gasteiger partial charge in [-0.05, 0) is 49.8 Å². The van der Waals surface area contributed by atoms with Crippen LogP contribution in [0.5, 0.6) is 5.75 Å². The smallest absolute Gasteiger partial charge is 0.191 e. The molecule has 1 aromatic heterocycles. The normalized spacial score (nSPS) is 12.7. The Hall–Kier alpha value is -2.50. The van der Waals surface area contributed by atoms with Crippen LogP contribution >= 0.6 is 0 Å². The quantitative estimate of drug-likeness (QED) is 0.471. The summed E-state index contributed by atoms with van der Waals surface area (Å²) in [5.41, 5.74) is 5.01. The van der Waals surface area contributed by atoms with Crippen LogP contribution in [0.2, 0.25) is 0 Å². The van der Waals surface area contributed by atoms with Gasteiger partial charge >= 0.3 is 0 Å². The molecule has 29 heavy (non-hydrogen) atoms. The van der Waals surface area contributed by atoms with Crippen molar-refractivity contribution in [2.24, 2.45) is 12.0 Å². The number of aromatic nitrogens is 2. The van der Waals surface area contributed by atoms with Crippen LogP contribution in [-0.2, 0) is 26.4 Å². The Morgan fingerprint density at radius 3 is 2.45 bits per heavy atom. The van der Waals surface area contributed by atoms with Crippen LogP contribution in [0.25, 0.3) is 0 Å². The number of aryl methyl sites for hydroxylation is 2. The Bertz CT molecular complexity index is 779. The van der Waals surface area contributed by atoms with Crippen LogP contribution in [0.4, 0.5) is 0 Å². The highest BCUT2D eigenvalue weighted by molar-refractivity contribution is 5.79. The summed E-state index contributed by atoms with van der Waals surface area (Å²) in [5.74, 6) is 2.23. The molecule has 2 aromatic rings. The molecule has 0 radical (unpaired) electrons. The van der Waals surface area contributed by atoms with Crippen molar-refractivity contribution in [3.05, 3.63) is 46.8 Å². The second-order valence-electron chi connectivity index (χ2n) is 7.29. The zero-order valence-electron chi connectivity index (χ0n) is 18.9. The SMILES string of the molecule is CCNC(=NCc1c(CC)nn(C)c1CC)NCCC(C)c1ccc(OC)cc1. The average molecular weight is 400 g/mol. The number of nitrogens with one attached hydrogen (secondary N) is 2. The Balaban J connectivity index is 1.97. The molecule has 0 amide bonds. The lowest BCUT2D eigenvalue weighted by atomic mass is 9.98. The van der Waals surface area contributed by atoms with E-state index in [0.717, 1.165) is 49.8 Å². The van der Waals surface area contributed by atoms with E-state index in [-0.39, 0.29) is 0 Å². The summed E-state index contributed by atoms with van der Waals surface area (Å²) in [4.78, 5) is 4.83. The minimum atomic E-state index is 0.466. The first-order valence-corrected chi connectivity index (χ1v) is 10.7. The van der Waals surface area contributed by atoms with Gasteiger partial charge in [-0.2, -0.15) is 5.10 Å². The van der Waals surface area contributed by atoms with Gasteiger partial charge in [0.1, 0.15) is 5.75 Å². The molecule has 0 bridgehead atoms. The molecule has 0 aliphatic carbocycles. The topological polar surface area (TPSA) is 63.5 Å². The molecule has 0 saturated carbocycles. The number of hydrogen-bond donors (Lipinski definition) is 2. The van der Waals surface area contributed by atoms with Crippen molar-refractivity contribution in [2.45, 2.75) is 59.4 Å². The Kier molecular flexibility index (Phi) is 9.03. The van der Waals surface area contributed by atoms with Crippen LogP contribution in [0, 0.1) is 0 Å². The summed E-state index contributed by atoms with van der Waals surface area (Å²) in [5, 5.41) is 11.5. The maximum atomic E-state index is 5.24. The Morgan fingerprint density at radius 2 is 1.86 bits per heavy atom. The first kappa shape index (κ1) is 22.8.